The molecule has 0 fully saturated rings. The van der Waals surface area contributed by atoms with Crippen molar-refractivity contribution in [1.82, 2.24) is 0 Å². The van der Waals surface area contributed by atoms with Crippen molar-refractivity contribution < 1.29 is 18.7 Å². The van der Waals surface area contributed by atoms with Gasteiger partial charge in [-0.1, -0.05) is 19.1 Å². The van der Waals surface area contributed by atoms with Gasteiger partial charge in [-0.2, -0.15) is 0 Å². The van der Waals surface area contributed by atoms with Crippen molar-refractivity contribution in [2.45, 2.75) is 13.3 Å². The molecule has 1 atom stereocenters. The van der Waals surface area contributed by atoms with Gasteiger partial charge in [0.1, 0.15) is 5.82 Å². The Kier molecular flexibility index (Phi) is 3.96. The molecule has 0 aliphatic carbocycles. The number of benzene rings is 2. The van der Waals surface area contributed by atoms with Crippen molar-refractivity contribution in [1.29, 1.82) is 0 Å². The first-order valence-electron chi connectivity index (χ1n) is 7.07. The molecule has 1 aliphatic rings. The third kappa shape index (κ3) is 3.19. The standard InChI is InChI=1S/C17H16FNO3/c1-11(8-12-2-4-13(18)5-3-12)17(20)19-14-6-7-15-16(9-14)22-10-21-15/h2-7,9,11H,8,10H2,1H3,(H,19,20). The summed E-state index contributed by atoms with van der Waals surface area (Å²) >= 11 is 0. The van der Waals surface area contributed by atoms with Crippen LogP contribution in [0.2, 0.25) is 0 Å². The summed E-state index contributed by atoms with van der Waals surface area (Å²) in [7, 11) is 0. The van der Waals surface area contributed by atoms with Crippen LogP contribution in [0.3, 0.4) is 0 Å². The summed E-state index contributed by atoms with van der Waals surface area (Å²) in [5.74, 6) is 0.710. The summed E-state index contributed by atoms with van der Waals surface area (Å²) in [4.78, 5) is 12.2. The number of rotatable bonds is 4. The van der Waals surface area contributed by atoms with E-state index in [0.717, 1.165) is 5.56 Å². The normalized spacial score (nSPS) is 13.7. The number of anilines is 1. The lowest BCUT2D eigenvalue weighted by molar-refractivity contribution is -0.119. The van der Waals surface area contributed by atoms with Crippen molar-refractivity contribution in [3.8, 4) is 11.5 Å². The molecule has 3 rings (SSSR count). The molecule has 22 heavy (non-hydrogen) atoms. The third-order valence-corrected chi connectivity index (χ3v) is 3.54. The number of carbonyl (C=O) groups is 1. The average molecular weight is 301 g/mol. The number of hydrogen-bond donors (Lipinski definition) is 1. The van der Waals surface area contributed by atoms with Crippen LogP contribution in [0.15, 0.2) is 42.5 Å². The zero-order valence-corrected chi connectivity index (χ0v) is 12.1. The predicted octanol–water partition coefficient (Wildman–Crippen LogP) is 3.37. The number of hydrogen-bond acceptors (Lipinski definition) is 3. The van der Waals surface area contributed by atoms with Crippen LogP contribution in [0.1, 0.15) is 12.5 Å². The van der Waals surface area contributed by atoms with Gasteiger partial charge in [0, 0.05) is 17.7 Å². The zero-order chi connectivity index (χ0) is 15.5. The summed E-state index contributed by atoms with van der Waals surface area (Å²) in [6.07, 6.45) is 0.552. The monoisotopic (exact) mass is 301 g/mol. The lowest BCUT2D eigenvalue weighted by Gasteiger charge is -2.12. The lowest BCUT2D eigenvalue weighted by Crippen LogP contribution is -2.22. The Bertz CT molecular complexity index is 685. The van der Waals surface area contributed by atoms with Gasteiger partial charge in [-0.15, -0.1) is 0 Å². The third-order valence-electron chi connectivity index (χ3n) is 3.54. The van der Waals surface area contributed by atoms with Gasteiger partial charge in [-0.3, -0.25) is 4.79 Å². The van der Waals surface area contributed by atoms with Crippen molar-refractivity contribution in [2.75, 3.05) is 12.1 Å². The molecule has 1 N–H and O–H groups in total. The number of amides is 1. The van der Waals surface area contributed by atoms with Crippen LogP contribution in [0, 0.1) is 11.7 Å². The zero-order valence-electron chi connectivity index (χ0n) is 12.1. The van der Waals surface area contributed by atoms with Gasteiger partial charge in [0.15, 0.2) is 11.5 Å². The van der Waals surface area contributed by atoms with E-state index in [1.165, 1.54) is 12.1 Å². The summed E-state index contributed by atoms with van der Waals surface area (Å²) in [6.45, 7) is 2.04. The SMILES string of the molecule is CC(Cc1ccc(F)cc1)C(=O)Nc1ccc2c(c1)OCO2. The molecule has 0 bridgehead atoms. The Labute approximate surface area is 127 Å². The van der Waals surface area contributed by atoms with Crippen LogP contribution in [0.25, 0.3) is 0 Å². The van der Waals surface area contributed by atoms with E-state index in [4.69, 9.17) is 9.47 Å². The molecule has 0 spiro atoms. The molecule has 5 heteroatoms. The topological polar surface area (TPSA) is 47.6 Å². The molecule has 2 aromatic rings. The first-order valence-corrected chi connectivity index (χ1v) is 7.07. The Morgan fingerprint density at radius 2 is 1.91 bits per heavy atom. The van der Waals surface area contributed by atoms with Gasteiger partial charge < -0.3 is 14.8 Å². The fraction of sp³-hybridized carbons (Fsp3) is 0.235. The molecule has 4 nitrogen and oxygen atoms in total. The maximum atomic E-state index is 12.9. The molecule has 1 heterocycles. The minimum Gasteiger partial charge on any atom is -0.454 e. The molecule has 114 valence electrons. The predicted molar refractivity (Wildman–Crippen MR) is 80.5 cm³/mol. The molecule has 2 aromatic carbocycles. The quantitative estimate of drug-likeness (QED) is 0.942. The van der Waals surface area contributed by atoms with Crippen LogP contribution in [-0.2, 0) is 11.2 Å². The van der Waals surface area contributed by atoms with E-state index in [2.05, 4.69) is 5.32 Å². The van der Waals surface area contributed by atoms with Crippen LogP contribution < -0.4 is 14.8 Å². The molecule has 0 saturated heterocycles. The van der Waals surface area contributed by atoms with Crippen molar-refractivity contribution in [3.63, 3.8) is 0 Å². The number of ether oxygens (including phenoxy) is 2. The average Bonchev–Trinajstić information content (AvgIpc) is 2.97. The van der Waals surface area contributed by atoms with Gasteiger partial charge >= 0.3 is 0 Å². The Balaban J connectivity index is 1.62. The first-order chi connectivity index (χ1) is 10.6. The maximum Gasteiger partial charge on any atom is 0.231 e. The van der Waals surface area contributed by atoms with E-state index in [1.807, 2.05) is 6.92 Å². The molecular weight excluding hydrogens is 285 g/mol. The highest BCUT2D eigenvalue weighted by Gasteiger charge is 2.17. The highest BCUT2D eigenvalue weighted by Crippen LogP contribution is 2.34. The highest BCUT2D eigenvalue weighted by molar-refractivity contribution is 5.92. The van der Waals surface area contributed by atoms with Crippen molar-refractivity contribution >= 4 is 11.6 Å². The van der Waals surface area contributed by atoms with Gasteiger partial charge in [-0.25, -0.2) is 4.39 Å². The molecule has 1 unspecified atom stereocenters. The summed E-state index contributed by atoms with van der Waals surface area (Å²) in [5, 5.41) is 2.85. The van der Waals surface area contributed by atoms with Crippen LogP contribution >= 0.6 is 0 Å². The second-order valence-corrected chi connectivity index (χ2v) is 5.29. The number of fused-ring (bicyclic) bond motifs is 1. The minimum absolute atomic E-state index is 0.0943. The van der Waals surface area contributed by atoms with Gasteiger partial charge in [0.2, 0.25) is 12.7 Å². The van der Waals surface area contributed by atoms with Crippen LogP contribution in [0.4, 0.5) is 10.1 Å². The Morgan fingerprint density at radius 1 is 1.18 bits per heavy atom. The molecule has 1 amide bonds. The van der Waals surface area contributed by atoms with E-state index in [1.54, 1.807) is 30.3 Å². The molecule has 0 saturated carbocycles. The van der Waals surface area contributed by atoms with Crippen LogP contribution in [-0.4, -0.2) is 12.7 Å². The highest BCUT2D eigenvalue weighted by atomic mass is 19.1. The van der Waals surface area contributed by atoms with Gasteiger partial charge in [0.05, 0.1) is 0 Å². The fourth-order valence-electron chi connectivity index (χ4n) is 2.31. The smallest absolute Gasteiger partial charge is 0.231 e. The number of halogens is 1. The van der Waals surface area contributed by atoms with E-state index in [-0.39, 0.29) is 24.4 Å². The molecule has 1 aliphatic heterocycles. The molecular formula is C17H16FNO3. The van der Waals surface area contributed by atoms with Gasteiger partial charge in [-0.05, 0) is 36.2 Å². The van der Waals surface area contributed by atoms with E-state index in [0.29, 0.717) is 23.6 Å². The van der Waals surface area contributed by atoms with E-state index in [9.17, 15) is 9.18 Å². The summed E-state index contributed by atoms with van der Waals surface area (Å²) in [5.41, 5.74) is 1.59. The second kappa shape index (κ2) is 6.05. The van der Waals surface area contributed by atoms with Crippen molar-refractivity contribution in [3.05, 3.63) is 53.8 Å². The Hall–Kier alpha value is -2.56. The number of nitrogens with one attached hydrogen (secondary N) is 1. The largest absolute Gasteiger partial charge is 0.454 e. The first kappa shape index (κ1) is 14.4. The summed E-state index contributed by atoms with van der Waals surface area (Å²) < 4.78 is 23.4. The van der Waals surface area contributed by atoms with Crippen LogP contribution in [0.5, 0.6) is 11.5 Å². The Morgan fingerprint density at radius 3 is 2.68 bits per heavy atom. The fourth-order valence-corrected chi connectivity index (χ4v) is 2.31. The van der Waals surface area contributed by atoms with E-state index >= 15 is 0 Å². The number of carbonyl (C=O) groups excluding carboxylic acids is 1. The second-order valence-electron chi connectivity index (χ2n) is 5.29. The molecule has 0 radical (unpaired) electrons. The lowest BCUT2D eigenvalue weighted by atomic mass is 10.0. The van der Waals surface area contributed by atoms with E-state index < -0.39 is 0 Å². The maximum absolute atomic E-state index is 12.9. The van der Waals surface area contributed by atoms with Gasteiger partial charge in [0.25, 0.3) is 0 Å². The summed E-state index contributed by atoms with van der Waals surface area (Å²) in [6, 6.07) is 11.5. The molecule has 0 aromatic heterocycles. The van der Waals surface area contributed by atoms with Crippen molar-refractivity contribution in [2.24, 2.45) is 5.92 Å². The minimum atomic E-state index is -0.277.